The number of hydrogen-bond donors (Lipinski definition) is 2. The molecule has 0 bridgehead atoms. The number of carbonyl (C=O) groups excluding carboxylic acids is 3. The summed E-state index contributed by atoms with van der Waals surface area (Å²) in [6.07, 6.45) is -8.60. The molecule has 6 nitrogen and oxygen atoms in total. The van der Waals surface area contributed by atoms with Crippen molar-refractivity contribution < 1.29 is 52.4 Å². The van der Waals surface area contributed by atoms with Crippen molar-refractivity contribution in [3.8, 4) is 0 Å². The maximum atomic E-state index is 15.0. The van der Waals surface area contributed by atoms with E-state index in [0.717, 1.165) is 24.3 Å². The van der Waals surface area contributed by atoms with E-state index >= 15 is 4.39 Å². The lowest BCUT2D eigenvalue weighted by Gasteiger charge is -2.20. The SMILES string of the molecule is CN(C(=O)C(F)F)c1c(F)ccc(NC(=O)c2cc(NC(=O)[C@H]3[C@H](c4ccc(F)c(C(F)(F)F)c4)C3(Cl)Cl)ccc2Cl)c1F.[HH].[HH]. The number of benzene rings is 3. The second-order valence-electron chi connectivity index (χ2n) is 9.46. The highest BCUT2D eigenvalue weighted by Gasteiger charge is 2.67. The molecule has 0 heterocycles. The highest BCUT2D eigenvalue weighted by Crippen LogP contribution is 2.65. The van der Waals surface area contributed by atoms with Gasteiger partial charge in [0.1, 0.15) is 21.7 Å². The van der Waals surface area contributed by atoms with Gasteiger partial charge in [-0.3, -0.25) is 14.4 Å². The van der Waals surface area contributed by atoms with Gasteiger partial charge in [-0.15, -0.1) is 23.2 Å². The van der Waals surface area contributed by atoms with Gasteiger partial charge in [0, 0.05) is 21.5 Å². The molecule has 0 radical (unpaired) electrons. The van der Waals surface area contributed by atoms with Gasteiger partial charge in [0.15, 0.2) is 5.82 Å². The summed E-state index contributed by atoms with van der Waals surface area (Å²) in [7, 11) is 0.705. The third kappa shape index (κ3) is 6.42. The molecule has 238 valence electrons. The van der Waals surface area contributed by atoms with Crippen molar-refractivity contribution in [1.29, 1.82) is 0 Å². The van der Waals surface area contributed by atoms with Crippen molar-refractivity contribution in [3.63, 3.8) is 0 Å². The minimum Gasteiger partial charge on any atom is -0.326 e. The van der Waals surface area contributed by atoms with Gasteiger partial charge < -0.3 is 15.5 Å². The van der Waals surface area contributed by atoms with Crippen molar-refractivity contribution in [2.75, 3.05) is 22.6 Å². The number of alkyl halides is 7. The molecular weight excluding hydrogens is 673 g/mol. The van der Waals surface area contributed by atoms with Crippen molar-refractivity contribution in [3.05, 3.63) is 87.7 Å². The summed E-state index contributed by atoms with van der Waals surface area (Å²) in [5.41, 5.74) is -4.05. The summed E-state index contributed by atoms with van der Waals surface area (Å²) in [4.78, 5) is 37.5. The van der Waals surface area contributed by atoms with Gasteiger partial charge in [0.25, 0.3) is 11.8 Å². The van der Waals surface area contributed by atoms with Crippen LogP contribution >= 0.6 is 34.8 Å². The van der Waals surface area contributed by atoms with E-state index in [4.69, 9.17) is 34.8 Å². The van der Waals surface area contributed by atoms with Gasteiger partial charge >= 0.3 is 12.6 Å². The maximum absolute atomic E-state index is 15.0. The van der Waals surface area contributed by atoms with Crippen LogP contribution in [0.3, 0.4) is 0 Å². The van der Waals surface area contributed by atoms with Crippen LogP contribution in [-0.4, -0.2) is 35.5 Å². The molecule has 44 heavy (non-hydrogen) atoms. The number of nitrogens with zero attached hydrogens (tertiary/aromatic N) is 1. The van der Waals surface area contributed by atoms with Crippen LogP contribution in [0.1, 0.15) is 30.3 Å². The van der Waals surface area contributed by atoms with Crippen LogP contribution in [0.5, 0.6) is 0 Å². The van der Waals surface area contributed by atoms with Crippen LogP contribution in [0, 0.1) is 23.4 Å². The van der Waals surface area contributed by atoms with Gasteiger partial charge in [0.2, 0.25) is 5.91 Å². The van der Waals surface area contributed by atoms with E-state index < -0.39 is 80.9 Å². The van der Waals surface area contributed by atoms with Gasteiger partial charge in [0.05, 0.1) is 27.8 Å². The summed E-state index contributed by atoms with van der Waals surface area (Å²) < 4.78 is 106. The molecule has 1 aliphatic carbocycles. The maximum Gasteiger partial charge on any atom is 0.419 e. The first-order chi connectivity index (χ1) is 20.4. The highest BCUT2D eigenvalue weighted by molar-refractivity contribution is 6.53. The van der Waals surface area contributed by atoms with Gasteiger partial charge in [-0.2, -0.15) is 22.0 Å². The Labute approximate surface area is 260 Å². The van der Waals surface area contributed by atoms with Gasteiger partial charge in [-0.05, 0) is 48.0 Å². The largest absolute Gasteiger partial charge is 0.419 e. The van der Waals surface area contributed by atoms with Crippen LogP contribution in [0.25, 0.3) is 0 Å². The van der Waals surface area contributed by atoms with E-state index in [-0.39, 0.29) is 29.6 Å². The van der Waals surface area contributed by atoms with Gasteiger partial charge in [-0.1, -0.05) is 17.7 Å². The van der Waals surface area contributed by atoms with Gasteiger partial charge in [-0.25, -0.2) is 13.2 Å². The predicted octanol–water partition coefficient (Wildman–Crippen LogP) is 8.27. The normalized spacial score (nSPS) is 17.3. The fourth-order valence-electron chi connectivity index (χ4n) is 4.41. The Morgan fingerprint density at radius 1 is 0.955 bits per heavy atom. The van der Waals surface area contributed by atoms with E-state index in [9.17, 15) is 45.1 Å². The average Bonchev–Trinajstić information content (AvgIpc) is 3.51. The second kappa shape index (κ2) is 12.1. The average molecular weight is 693 g/mol. The van der Waals surface area contributed by atoms with Crippen LogP contribution < -0.4 is 15.5 Å². The first kappa shape index (κ1) is 33.3. The molecule has 3 aromatic carbocycles. The summed E-state index contributed by atoms with van der Waals surface area (Å²) in [6.45, 7) is 0. The Bertz CT molecular complexity index is 1680. The van der Waals surface area contributed by atoms with E-state index in [1.807, 2.05) is 0 Å². The molecule has 1 aliphatic rings. The van der Waals surface area contributed by atoms with E-state index in [0.29, 0.717) is 25.2 Å². The Morgan fingerprint density at radius 2 is 1.59 bits per heavy atom. The first-order valence-corrected chi connectivity index (χ1v) is 13.2. The standard InChI is InChI=1S/C27H16Cl3F8N3O3.2H2/c1-41(25(44)22(34)35)21-16(32)6-7-17(20(21)33)40-23(42)12-9-11(3-4-14(12)28)39-24(43)19-18(26(19,29)30)10-2-5-15(31)13(8-10)27(36,37)38;;/h2-9,18-19,22H,1H3,(H,39,43)(H,40,42);2*1H/t18-,19+;;/m0../s1. The quantitative estimate of drug-likeness (QED) is 0.193. The molecule has 4 rings (SSSR count). The molecule has 0 saturated heterocycles. The molecule has 2 N–H and O–H groups in total. The number of halogens is 11. The Hall–Kier alpha value is -3.62. The van der Waals surface area contributed by atoms with Crippen LogP contribution in [0.4, 0.5) is 52.2 Å². The van der Waals surface area contributed by atoms with E-state index in [1.165, 1.54) is 6.07 Å². The second-order valence-corrected chi connectivity index (χ2v) is 11.3. The number of nitrogens with one attached hydrogen (secondary N) is 2. The molecule has 0 spiro atoms. The highest BCUT2D eigenvalue weighted by atomic mass is 35.5. The number of anilines is 3. The van der Waals surface area contributed by atoms with Crippen LogP contribution in [0.15, 0.2) is 48.5 Å². The van der Waals surface area contributed by atoms with E-state index in [1.54, 1.807) is 0 Å². The summed E-state index contributed by atoms with van der Waals surface area (Å²) in [5.74, 6) is -10.8. The lowest BCUT2D eigenvalue weighted by molar-refractivity contribution is -0.140. The third-order valence-corrected chi connectivity index (χ3v) is 7.91. The fraction of sp³-hybridized carbons (Fsp3) is 0.222. The zero-order chi connectivity index (χ0) is 32.9. The number of carbonyl (C=O) groups is 3. The number of amides is 3. The smallest absolute Gasteiger partial charge is 0.326 e. The van der Waals surface area contributed by atoms with Crippen molar-refractivity contribution >= 4 is 69.6 Å². The fourth-order valence-corrected chi connectivity index (χ4v) is 5.44. The molecular formula is C27H20Cl3F8N3O3. The molecule has 17 heteroatoms. The minimum absolute atomic E-state index is 0. The number of hydrogen-bond acceptors (Lipinski definition) is 3. The molecule has 0 aliphatic heterocycles. The monoisotopic (exact) mass is 691 g/mol. The number of rotatable bonds is 7. The molecule has 0 unspecified atom stereocenters. The minimum atomic E-state index is -5.02. The summed E-state index contributed by atoms with van der Waals surface area (Å²) in [6, 6.07) is 6.89. The van der Waals surface area contributed by atoms with Crippen molar-refractivity contribution in [1.82, 2.24) is 0 Å². The van der Waals surface area contributed by atoms with E-state index in [2.05, 4.69) is 10.6 Å². The molecule has 3 amide bonds. The zero-order valence-corrected chi connectivity index (χ0v) is 23.9. The molecule has 1 saturated carbocycles. The Balaban J connectivity index is 0.00000368. The van der Waals surface area contributed by atoms with Crippen LogP contribution in [0.2, 0.25) is 5.02 Å². The summed E-state index contributed by atoms with van der Waals surface area (Å²) >= 11 is 18.4. The molecule has 1 fully saturated rings. The van der Waals surface area contributed by atoms with Crippen molar-refractivity contribution in [2.45, 2.75) is 22.9 Å². The third-order valence-electron chi connectivity index (χ3n) is 6.64. The Morgan fingerprint density at radius 3 is 2.20 bits per heavy atom. The molecule has 0 aromatic heterocycles. The molecule has 3 aromatic rings. The Kier molecular flexibility index (Phi) is 9.11. The zero-order valence-electron chi connectivity index (χ0n) is 21.7. The van der Waals surface area contributed by atoms with Crippen molar-refractivity contribution in [2.24, 2.45) is 5.92 Å². The predicted molar refractivity (Wildman–Crippen MR) is 150 cm³/mol. The molecule has 2 atom stereocenters. The summed E-state index contributed by atoms with van der Waals surface area (Å²) in [5, 5.41) is 4.24. The lowest BCUT2D eigenvalue weighted by Crippen LogP contribution is -2.33. The van der Waals surface area contributed by atoms with Crippen LogP contribution in [-0.2, 0) is 15.8 Å². The lowest BCUT2D eigenvalue weighted by atomic mass is 10.0. The first-order valence-electron chi connectivity index (χ1n) is 12.1. The topological polar surface area (TPSA) is 78.5 Å².